The lowest BCUT2D eigenvalue weighted by Crippen LogP contribution is -2.12. The largest absolute Gasteiger partial charge is 0.339 e. The molecule has 1 aromatic heterocycles. The zero-order valence-electron chi connectivity index (χ0n) is 10.7. The van der Waals surface area contributed by atoms with Crippen LogP contribution in [-0.4, -0.2) is 16.7 Å². The standard InChI is InChI=1S/C14H19N3O/c1-2-6-12(10-15)14-16-13(17-18-14)9-11-7-4-3-5-8-11/h3-5,7-8,12H,2,6,9-10,15H2,1H3. The Morgan fingerprint density at radius 1 is 1.28 bits per heavy atom. The lowest BCUT2D eigenvalue weighted by molar-refractivity contribution is 0.344. The lowest BCUT2D eigenvalue weighted by Gasteiger charge is -2.06. The Morgan fingerprint density at radius 3 is 2.72 bits per heavy atom. The molecule has 2 rings (SSSR count). The Morgan fingerprint density at radius 2 is 2.06 bits per heavy atom. The highest BCUT2D eigenvalue weighted by atomic mass is 16.5. The van der Waals surface area contributed by atoms with E-state index < -0.39 is 0 Å². The van der Waals surface area contributed by atoms with E-state index in [-0.39, 0.29) is 5.92 Å². The van der Waals surface area contributed by atoms with Gasteiger partial charge in [-0.15, -0.1) is 0 Å². The van der Waals surface area contributed by atoms with Gasteiger partial charge in [-0.05, 0) is 12.0 Å². The molecule has 0 aliphatic carbocycles. The number of hydrogen-bond donors (Lipinski definition) is 1. The van der Waals surface area contributed by atoms with Crippen molar-refractivity contribution in [1.29, 1.82) is 0 Å². The molecule has 0 amide bonds. The Hall–Kier alpha value is -1.68. The van der Waals surface area contributed by atoms with Crippen LogP contribution in [0.1, 0.15) is 43.0 Å². The van der Waals surface area contributed by atoms with E-state index >= 15 is 0 Å². The monoisotopic (exact) mass is 245 g/mol. The summed E-state index contributed by atoms with van der Waals surface area (Å²) in [6.07, 6.45) is 2.76. The maximum Gasteiger partial charge on any atom is 0.231 e. The van der Waals surface area contributed by atoms with Gasteiger partial charge in [0, 0.05) is 13.0 Å². The molecule has 0 saturated carbocycles. The van der Waals surface area contributed by atoms with Crippen molar-refractivity contribution in [2.45, 2.75) is 32.1 Å². The normalized spacial score (nSPS) is 12.6. The molecule has 18 heavy (non-hydrogen) atoms. The summed E-state index contributed by atoms with van der Waals surface area (Å²) in [7, 11) is 0. The van der Waals surface area contributed by atoms with Gasteiger partial charge >= 0.3 is 0 Å². The summed E-state index contributed by atoms with van der Waals surface area (Å²) in [6, 6.07) is 10.1. The van der Waals surface area contributed by atoms with Crippen molar-refractivity contribution < 1.29 is 4.52 Å². The van der Waals surface area contributed by atoms with Crippen LogP contribution < -0.4 is 5.73 Å². The summed E-state index contributed by atoms with van der Waals surface area (Å²) >= 11 is 0. The topological polar surface area (TPSA) is 64.9 Å². The van der Waals surface area contributed by atoms with Gasteiger partial charge in [0.2, 0.25) is 5.89 Å². The van der Waals surface area contributed by atoms with Gasteiger partial charge in [0.05, 0.1) is 5.92 Å². The van der Waals surface area contributed by atoms with Crippen molar-refractivity contribution in [2.24, 2.45) is 5.73 Å². The van der Waals surface area contributed by atoms with Crippen molar-refractivity contribution in [3.63, 3.8) is 0 Å². The van der Waals surface area contributed by atoms with Crippen molar-refractivity contribution in [2.75, 3.05) is 6.54 Å². The molecule has 1 unspecified atom stereocenters. The predicted molar refractivity (Wildman–Crippen MR) is 70.2 cm³/mol. The van der Waals surface area contributed by atoms with Crippen molar-refractivity contribution in [3.8, 4) is 0 Å². The molecule has 96 valence electrons. The van der Waals surface area contributed by atoms with Crippen LogP contribution in [0.15, 0.2) is 34.9 Å². The van der Waals surface area contributed by atoms with Crippen molar-refractivity contribution >= 4 is 0 Å². The first kappa shape index (κ1) is 12.8. The van der Waals surface area contributed by atoms with Crippen LogP contribution in [-0.2, 0) is 6.42 Å². The Labute approximate surface area is 107 Å². The van der Waals surface area contributed by atoms with Gasteiger partial charge in [-0.2, -0.15) is 4.98 Å². The van der Waals surface area contributed by atoms with E-state index in [1.807, 2.05) is 18.2 Å². The third kappa shape index (κ3) is 3.17. The van der Waals surface area contributed by atoms with Gasteiger partial charge in [-0.25, -0.2) is 0 Å². The fourth-order valence-corrected chi connectivity index (χ4v) is 1.97. The highest BCUT2D eigenvalue weighted by molar-refractivity contribution is 5.18. The molecule has 1 heterocycles. The van der Waals surface area contributed by atoms with Gasteiger partial charge in [-0.1, -0.05) is 48.8 Å². The average Bonchev–Trinajstić information content (AvgIpc) is 2.85. The molecule has 0 spiro atoms. The van der Waals surface area contributed by atoms with Gasteiger partial charge in [0.15, 0.2) is 5.82 Å². The molecule has 0 aliphatic rings. The first-order valence-corrected chi connectivity index (χ1v) is 6.40. The first-order valence-electron chi connectivity index (χ1n) is 6.40. The van der Waals surface area contributed by atoms with E-state index in [9.17, 15) is 0 Å². The van der Waals surface area contributed by atoms with E-state index in [4.69, 9.17) is 10.3 Å². The zero-order valence-corrected chi connectivity index (χ0v) is 10.7. The van der Waals surface area contributed by atoms with E-state index in [1.54, 1.807) is 0 Å². The fraction of sp³-hybridized carbons (Fsp3) is 0.429. The maximum absolute atomic E-state index is 5.72. The minimum atomic E-state index is 0.187. The zero-order chi connectivity index (χ0) is 12.8. The third-order valence-corrected chi connectivity index (χ3v) is 2.96. The summed E-state index contributed by atoms with van der Waals surface area (Å²) in [5.74, 6) is 1.59. The first-order chi connectivity index (χ1) is 8.83. The molecule has 4 nitrogen and oxygen atoms in total. The number of nitrogens with two attached hydrogens (primary N) is 1. The molecule has 1 aromatic carbocycles. The molecular weight excluding hydrogens is 226 g/mol. The second-order valence-electron chi connectivity index (χ2n) is 4.43. The average molecular weight is 245 g/mol. The summed E-state index contributed by atoms with van der Waals surface area (Å²) < 4.78 is 5.30. The number of aromatic nitrogens is 2. The van der Waals surface area contributed by atoms with Crippen LogP contribution in [0.25, 0.3) is 0 Å². The Balaban J connectivity index is 2.06. The highest BCUT2D eigenvalue weighted by Gasteiger charge is 2.16. The second kappa shape index (κ2) is 6.31. The molecule has 2 N–H and O–H groups in total. The number of rotatable bonds is 6. The van der Waals surface area contributed by atoms with E-state index in [0.29, 0.717) is 18.9 Å². The van der Waals surface area contributed by atoms with Crippen LogP contribution in [0.5, 0.6) is 0 Å². The number of nitrogens with zero attached hydrogens (tertiary/aromatic N) is 2. The molecule has 0 radical (unpaired) electrons. The molecule has 0 fully saturated rings. The third-order valence-electron chi connectivity index (χ3n) is 2.96. The van der Waals surface area contributed by atoms with E-state index in [2.05, 4.69) is 29.2 Å². The molecule has 0 aliphatic heterocycles. The molecular formula is C14H19N3O. The Kier molecular flexibility index (Phi) is 4.47. The number of benzene rings is 1. The van der Waals surface area contributed by atoms with E-state index in [1.165, 1.54) is 5.56 Å². The molecule has 4 heteroatoms. The van der Waals surface area contributed by atoms with Gasteiger partial charge < -0.3 is 10.3 Å². The SMILES string of the molecule is CCCC(CN)c1nc(Cc2ccccc2)no1. The highest BCUT2D eigenvalue weighted by Crippen LogP contribution is 2.18. The Bertz CT molecular complexity index is 467. The molecule has 0 bridgehead atoms. The number of hydrogen-bond acceptors (Lipinski definition) is 4. The predicted octanol–water partition coefficient (Wildman–Crippen LogP) is 2.50. The van der Waals surface area contributed by atoms with Crippen LogP contribution in [0, 0.1) is 0 Å². The van der Waals surface area contributed by atoms with Crippen molar-refractivity contribution in [3.05, 3.63) is 47.6 Å². The smallest absolute Gasteiger partial charge is 0.231 e. The minimum absolute atomic E-state index is 0.187. The lowest BCUT2D eigenvalue weighted by atomic mass is 10.0. The van der Waals surface area contributed by atoms with Crippen LogP contribution in [0.4, 0.5) is 0 Å². The second-order valence-corrected chi connectivity index (χ2v) is 4.43. The van der Waals surface area contributed by atoms with Gasteiger partial charge in [-0.3, -0.25) is 0 Å². The van der Waals surface area contributed by atoms with Gasteiger partial charge in [0.1, 0.15) is 0 Å². The van der Waals surface area contributed by atoms with Crippen LogP contribution >= 0.6 is 0 Å². The maximum atomic E-state index is 5.72. The summed E-state index contributed by atoms with van der Waals surface area (Å²) in [4.78, 5) is 4.44. The quantitative estimate of drug-likeness (QED) is 0.849. The van der Waals surface area contributed by atoms with Crippen molar-refractivity contribution in [1.82, 2.24) is 10.1 Å². The molecule has 0 saturated heterocycles. The molecule has 1 atom stereocenters. The summed E-state index contributed by atoms with van der Waals surface area (Å²) in [5, 5.41) is 4.02. The molecule has 2 aromatic rings. The fourth-order valence-electron chi connectivity index (χ4n) is 1.97. The van der Waals surface area contributed by atoms with Gasteiger partial charge in [0.25, 0.3) is 0 Å². The van der Waals surface area contributed by atoms with E-state index in [0.717, 1.165) is 18.7 Å². The summed E-state index contributed by atoms with van der Waals surface area (Å²) in [6.45, 7) is 2.69. The van der Waals surface area contributed by atoms with Crippen LogP contribution in [0.2, 0.25) is 0 Å². The summed E-state index contributed by atoms with van der Waals surface area (Å²) in [5.41, 5.74) is 6.91. The van der Waals surface area contributed by atoms with Crippen LogP contribution in [0.3, 0.4) is 0 Å². The minimum Gasteiger partial charge on any atom is -0.339 e.